The van der Waals surface area contributed by atoms with E-state index in [0.29, 0.717) is 6.61 Å². The first-order chi connectivity index (χ1) is 9.71. The maximum atomic E-state index is 9.93. The van der Waals surface area contributed by atoms with Crippen LogP contribution in [0.2, 0.25) is 0 Å². The van der Waals surface area contributed by atoms with Crippen LogP contribution in [-0.4, -0.2) is 60.3 Å². The van der Waals surface area contributed by atoms with Crippen molar-refractivity contribution in [2.45, 2.75) is 57.9 Å². The molecule has 3 rings (SSSR count). The summed E-state index contributed by atoms with van der Waals surface area (Å²) in [5.41, 5.74) is 0.215. The molecule has 0 spiro atoms. The Bertz CT molecular complexity index is 306. The first kappa shape index (κ1) is 14.8. The number of nitrogens with zero attached hydrogens (tertiary/aromatic N) is 2. The molecule has 20 heavy (non-hydrogen) atoms. The van der Waals surface area contributed by atoms with Crippen molar-refractivity contribution < 1.29 is 5.11 Å². The van der Waals surface area contributed by atoms with Crippen molar-refractivity contribution in [3.63, 3.8) is 0 Å². The minimum absolute atomic E-state index is 0.215. The highest BCUT2D eigenvalue weighted by Gasteiger charge is 2.38. The van der Waals surface area contributed by atoms with Crippen LogP contribution in [-0.2, 0) is 0 Å². The van der Waals surface area contributed by atoms with E-state index in [1.807, 2.05) is 0 Å². The molecule has 0 bridgehead atoms. The second kappa shape index (κ2) is 6.33. The molecule has 2 saturated heterocycles. The molecular formula is C17H32N2O. The molecule has 3 heteroatoms. The average molecular weight is 280 g/mol. The summed E-state index contributed by atoms with van der Waals surface area (Å²) in [6, 6.07) is 0.802. The van der Waals surface area contributed by atoms with Crippen molar-refractivity contribution in [1.29, 1.82) is 0 Å². The summed E-state index contributed by atoms with van der Waals surface area (Å²) in [4.78, 5) is 5.35. The molecule has 2 aliphatic heterocycles. The Morgan fingerprint density at radius 1 is 1.05 bits per heavy atom. The topological polar surface area (TPSA) is 26.7 Å². The van der Waals surface area contributed by atoms with Gasteiger partial charge >= 0.3 is 0 Å². The number of hydrogen-bond acceptors (Lipinski definition) is 3. The van der Waals surface area contributed by atoms with E-state index in [1.54, 1.807) is 0 Å². The van der Waals surface area contributed by atoms with Gasteiger partial charge in [-0.05, 0) is 57.7 Å². The van der Waals surface area contributed by atoms with Crippen LogP contribution in [0.25, 0.3) is 0 Å². The van der Waals surface area contributed by atoms with Gasteiger partial charge in [0, 0.05) is 31.2 Å². The molecule has 1 aliphatic carbocycles. The lowest BCUT2D eigenvalue weighted by Crippen LogP contribution is -2.43. The summed E-state index contributed by atoms with van der Waals surface area (Å²) >= 11 is 0. The summed E-state index contributed by atoms with van der Waals surface area (Å²) in [5.74, 6) is 0.866. The third kappa shape index (κ3) is 3.20. The van der Waals surface area contributed by atoms with Gasteiger partial charge in [-0.15, -0.1) is 0 Å². The number of aliphatic hydroxyl groups excluding tert-OH is 1. The second-order valence-corrected chi connectivity index (χ2v) is 7.76. The third-order valence-electron chi connectivity index (χ3n) is 6.13. The normalized spacial score (nSPS) is 40.5. The van der Waals surface area contributed by atoms with Crippen LogP contribution in [0.15, 0.2) is 0 Å². The molecule has 3 fully saturated rings. The van der Waals surface area contributed by atoms with Gasteiger partial charge in [0.1, 0.15) is 0 Å². The van der Waals surface area contributed by atoms with Gasteiger partial charge in [0.15, 0.2) is 0 Å². The molecular weight excluding hydrogens is 248 g/mol. The van der Waals surface area contributed by atoms with Gasteiger partial charge in [-0.25, -0.2) is 0 Å². The van der Waals surface area contributed by atoms with E-state index < -0.39 is 0 Å². The zero-order valence-electron chi connectivity index (χ0n) is 13.2. The van der Waals surface area contributed by atoms with Gasteiger partial charge < -0.3 is 10.0 Å². The van der Waals surface area contributed by atoms with E-state index in [1.165, 1.54) is 71.1 Å². The van der Waals surface area contributed by atoms with Crippen molar-refractivity contribution in [1.82, 2.24) is 9.80 Å². The minimum Gasteiger partial charge on any atom is -0.396 e. The Morgan fingerprint density at radius 3 is 2.40 bits per heavy atom. The molecule has 1 atom stereocenters. The highest BCUT2D eigenvalue weighted by atomic mass is 16.3. The van der Waals surface area contributed by atoms with E-state index in [2.05, 4.69) is 16.7 Å². The molecule has 2 heterocycles. The van der Waals surface area contributed by atoms with E-state index in [0.717, 1.165) is 18.5 Å². The second-order valence-electron chi connectivity index (χ2n) is 7.76. The van der Waals surface area contributed by atoms with E-state index in [-0.39, 0.29) is 5.41 Å². The lowest BCUT2D eigenvalue weighted by Gasteiger charge is -2.40. The molecule has 0 aromatic heterocycles. The zero-order chi connectivity index (χ0) is 14.0. The number of hydrogen-bond donors (Lipinski definition) is 1. The Hall–Kier alpha value is -0.120. The molecule has 3 aliphatic rings. The van der Waals surface area contributed by atoms with E-state index >= 15 is 0 Å². The predicted octanol–water partition coefficient (Wildman–Crippen LogP) is 2.35. The van der Waals surface area contributed by atoms with Crippen molar-refractivity contribution in [2.75, 3.05) is 39.3 Å². The monoisotopic (exact) mass is 280 g/mol. The van der Waals surface area contributed by atoms with Gasteiger partial charge in [0.2, 0.25) is 0 Å². The fraction of sp³-hybridized carbons (Fsp3) is 1.00. The lowest BCUT2D eigenvalue weighted by molar-refractivity contribution is 0.0341. The van der Waals surface area contributed by atoms with Crippen molar-refractivity contribution in [3.05, 3.63) is 0 Å². The first-order valence-corrected chi connectivity index (χ1v) is 8.78. The Balaban J connectivity index is 1.52. The fourth-order valence-electron chi connectivity index (χ4n) is 4.58. The maximum absolute atomic E-state index is 9.93. The molecule has 1 unspecified atom stereocenters. The predicted molar refractivity (Wildman–Crippen MR) is 82.8 cm³/mol. The van der Waals surface area contributed by atoms with Crippen LogP contribution in [0.5, 0.6) is 0 Å². The summed E-state index contributed by atoms with van der Waals surface area (Å²) in [5, 5.41) is 9.93. The molecule has 1 N–H and O–H groups in total. The molecule has 116 valence electrons. The molecule has 3 nitrogen and oxygen atoms in total. The molecule has 1 saturated carbocycles. The van der Waals surface area contributed by atoms with Gasteiger partial charge in [0.25, 0.3) is 0 Å². The van der Waals surface area contributed by atoms with Gasteiger partial charge in [-0.3, -0.25) is 4.90 Å². The van der Waals surface area contributed by atoms with E-state index in [9.17, 15) is 5.11 Å². The van der Waals surface area contributed by atoms with Crippen LogP contribution < -0.4 is 0 Å². The fourth-order valence-corrected chi connectivity index (χ4v) is 4.58. The Morgan fingerprint density at radius 2 is 1.75 bits per heavy atom. The van der Waals surface area contributed by atoms with Crippen LogP contribution in [0.4, 0.5) is 0 Å². The summed E-state index contributed by atoms with van der Waals surface area (Å²) < 4.78 is 0. The van der Waals surface area contributed by atoms with Crippen molar-refractivity contribution in [3.8, 4) is 0 Å². The van der Waals surface area contributed by atoms with Crippen molar-refractivity contribution >= 4 is 0 Å². The van der Waals surface area contributed by atoms with Crippen LogP contribution in [0.1, 0.15) is 51.9 Å². The highest BCUT2D eigenvalue weighted by Crippen LogP contribution is 2.39. The van der Waals surface area contributed by atoms with Crippen LogP contribution in [0, 0.1) is 11.3 Å². The summed E-state index contributed by atoms with van der Waals surface area (Å²) in [6.07, 6.45) is 9.22. The van der Waals surface area contributed by atoms with Crippen LogP contribution >= 0.6 is 0 Å². The average Bonchev–Trinajstić information content (AvgIpc) is 3.12. The highest BCUT2D eigenvalue weighted by molar-refractivity contribution is 4.92. The molecule has 0 radical (unpaired) electrons. The SMILES string of the molecule is CC1CCC(CO)(CN2CCC(N3CCCC3)C2)CC1. The molecule has 0 amide bonds. The van der Waals surface area contributed by atoms with E-state index in [4.69, 9.17) is 0 Å². The number of likely N-dealkylation sites (tertiary alicyclic amines) is 2. The largest absolute Gasteiger partial charge is 0.396 e. The van der Waals surface area contributed by atoms with Crippen molar-refractivity contribution in [2.24, 2.45) is 11.3 Å². The smallest absolute Gasteiger partial charge is 0.0499 e. The summed E-state index contributed by atoms with van der Waals surface area (Å²) in [7, 11) is 0. The number of aliphatic hydroxyl groups is 1. The zero-order valence-corrected chi connectivity index (χ0v) is 13.2. The van der Waals surface area contributed by atoms with Gasteiger partial charge in [-0.1, -0.05) is 19.8 Å². The molecule has 0 aromatic carbocycles. The molecule has 0 aromatic rings. The maximum Gasteiger partial charge on any atom is 0.0499 e. The Labute approximate surface area is 124 Å². The Kier molecular flexibility index (Phi) is 4.68. The quantitative estimate of drug-likeness (QED) is 0.856. The van der Waals surface area contributed by atoms with Gasteiger partial charge in [0.05, 0.1) is 0 Å². The lowest BCUT2D eigenvalue weighted by atomic mass is 9.71. The standard InChI is InChI=1S/C17H32N2O/c1-15-4-7-17(14-20,8-5-15)13-18-11-6-16(12-18)19-9-2-3-10-19/h15-16,20H,2-14H2,1H3. The number of rotatable bonds is 4. The third-order valence-corrected chi connectivity index (χ3v) is 6.13. The summed E-state index contributed by atoms with van der Waals surface area (Å²) in [6.45, 7) is 9.03. The van der Waals surface area contributed by atoms with Gasteiger partial charge in [-0.2, -0.15) is 0 Å². The first-order valence-electron chi connectivity index (χ1n) is 8.78. The minimum atomic E-state index is 0.215. The van der Waals surface area contributed by atoms with Crippen LogP contribution in [0.3, 0.4) is 0 Å².